The lowest BCUT2D eigenvalue weighted by Gasteiger charge is -2.28. The molecule has 202 valence electrons. The number of nitrogens with zero attached hydrogens (tertiary/aromatic N) is 1. The van der Waals surface area contributed by atoms with Gasteiger partial charge >= 0.3 is 5.97 Å². The van der Waals surface area contributed by atoms with Gasteiger partial charge in [0.1, 0.15) is 11.3 Å². The van der Waals surface area contributed by atoms with Gasteiger partial charge in [0, 0.05) is 42.9 Å². The molecule has 6 nitrogen and oxygen atoms in total. The highest BCUT2D eigenvalue weighted by Crippen LogP contribution is 2.36. The predicted molar refractivity (Wildman–Crippen MR) is 154 cm³/mol. The highest BCUT2D eigenvalue weighted by Gasteiger charge is 2.23. The number of carboxylic acids is 1. The van der Waals surface area contributed by atoms with Crippen LogP contribution >= 0.6 is 0 Å². The van der Waals surface area contributed by atoms with Gasteiger partial charge in [-0.1, -0.05) is 84.9 Å². The van der Waals surface area contributed by atoms with Crippen molar-refractivity contribution in [2.24, 2.45) is 0 Å². The third-order valence-electron chi connectivity index (χ3n) is 7.38. The van der Waals surface area contributed by atoms with Crippen molar-refractivity contribution >= 4 is 16.9 Å². The summed E-state index contributed by atoms with van der Waals surface area (Å²) in [5.74, 6) is 1.81. The zero-order valence-electron chi connectivity index (χ0n) is 22.2. The number of para-hydroxylation sites is 1. The summed E-state index contributed by atoms with van der Waals surface area (Å²) in [6.45, 7) is 2.52. The molecule has 0 spiro atoms. The molecular weight excluding hydrogens is 502 g/mol. The molecule has 5 aromatic rings. The van der Waals surface area contributed by atoms with Crippen molar-refractivity contribution in [3.63, 3.8) is 0 Å². The Morgan fingerprint density at radius 3 is 2.33 bits per heavy atom. The number of benzene rings is 4. The van der Waals surface area contributed by atoms with Gasteiger partial charge in [0.2, 0.25) is 6.79 Å². The summed E-state index contributed by atoms with van der Waals surface area (Å²) in [6, 6.07) is 35.0. The fraction of sp³-hybridized carbons (Fsp3) is 0.206. The van der Waals surface area contributed by atoms with E-state index in [0.29, 0.717) is 13.0 Å². The Hall–Kier alpha value is -4.55. The first-order valence-electron chi connectivity index (χ1n) is 13.6. The van der Waals surface area contributed by atoms with Crippen LogP contribution in [0.4, 0.5) is 0 Å². The summed E-state index contributed by atoms with van der Waals surface area (Å²) in [5.41, 5.74) is 5.09. The fourth-order valence-electron chi connectivity index (χ4n) is 5.43. The van der Waals surface area contributed by atoms with Crippen LogP contribution in [-0.2, 0) is 24.2 Å². The highest BCUT2D eigenvalue weighted by molar-refractivity contribution is 5.80. The standard InChI is InChI=1S/C34H31NO5/c36-33(37)19-24-14-15-27-20-29(40-32(27)18-24)16-17-35(21-28-12-7-13-31-34(28)39-23-38-31)22-30(25-8-3-1-4-9-25)26-10-5-2-6-11-26/h1-15,18,20,30H,16-17,19,21-23H2,(H,36,37). The number of rotatable bonds is 11. The number of carboxylic acid groups (broad SMARTS) is 1. The van der Waals surface area contributed by atoms with E-state index in [4.69, 9.17) is 19.0 Å². The zero-order valence-corrected chi connectivity index (χ0v) is 22.2. The van der Waals surface area contributed by atoms with E-state index in [0.717, 1.165) is 52.4 Å². The summed E-state index contributed by atoms with van der Waals surface area (Å²) in [5, 5.41) is 10.1. The SMILES string of the molecule is O=C(O)Cc1ccc2cc(CCN(Cc3cccc4c3OCO4)CC(c3ccccc3)c3ccccc3)oc2c1. The molecule has 1 aliphatic rings. The Kier molecular flexibility index (Phi) is 7.51. The minimum Gasteiger partial charge on any atom is -0.481 e. The highest BCUT2D eigenvalue weighted by atomic mass is 16.7. The van der Waals surface area contributed by atoms with E-state index in [-0.39, 0.29) is 19.1 Å². The van der Waals surface area contributed by atoms with Crippen molar-refractivity contribution in [2.75, 3.05) is 19.9 Å². The molecule has 6 rings (SSSR count). The normalized spacial score (nSPS) is 12.4. The Morgan fingerprint density at radius 2 is 1.60 bits per heavy atom. The van der Waals surface area contributed by atoms with Crippen molar-refractivity contribution in [1.82, 2.24) is 4.90 Å². The molecule has 0 saturated heterocycles. The van der Waals surface area contributed by atoms with Gasteiger partial charge in [0.25, 0.3) is 0 Å². The van der Waals surface area contributed by atoms with Crippen LogP contribution in [0.25, 0.3) is 11.0 Å². The monoisotopic (exact) mass is 533 g/mol. The van der Waals surface area contributed by atoms with E-state index < -0.39 is 5.97 Å². The zero-order chi connectivity index (χ0) is 27.3. The molecule has 40 heavy (non-hydrogen) atoms. The van der Waals surface area contributed by atoms with E-state index in [9.17, 15) is 4.79 Å². The van der Waals surface area contributed by atoms with Gasteiger partial charge in [0.15, 0.2) is 11.5 Å². The van der Waals surface area contributed by atoms with Gasteiger partial charge in [0.05, 0.1) is 6.42 Å². The second-order valence-electron chi connectivity index (χ2n) is 10.2. The van der Waals surface area contributed by atoms with Crippen LogP contribution in [-0.4, -0.2) is 35.9 Å². The van der Waals surface area contributed by atoms with E-state index in [1.165, 1.54) is 11.1 Å². The van der Waals surface area contributed by atoms with E-state index >= 15 is 0 Å². The molecule has 0 atom stereocenters. The number of carbonyl (C=O) groups is 1. The smallest absolute Gasteiger partial charge is 0.307 e. The number of furan rings is 1. The molecule has 0 saturated carbocycles. The maximum Gasteiger partial charge on any atom is 0.307 e. The van der Waals surface area contributed by atoms with Gasteiger partial charge in [-0.2, -0.15) is 0 Å². The van der Waals surface area contributed by atoms with Gasteiger partial charge in [-0.15, -0.1) is 0 Å². The van der Waals surface area contributed by atoms with Crippen LogP contribution in [0.1, 0.15) is 33.9 Å². The molecule has 0 radical (unpaired) electrons. The second-order valence-corrected chi connectivity index (χ2v) is 10.2. The Bertz CT molecular complexity index is 1560. The molecule has 0 bridgehead atoms. The maximum absolute atomic E-state index is 11.1. The van der Waals surface area contributed by atoms with Crippen molar-refractivity contribution in [3.8, 4) is 11.5 Å². The van der Waals surface area contributed by atoms with Crippen LogP contribution in [0.15, 0.2) is 108 Å². The lowest BCUT2D eigenvalue weighted by molar-refractivity contribution is -0.136. The Morgan fingerprint density at radius 1 is 0.850 bits per heavy atom. The van der Waals surface area contributed by atoms with Gasteiger partial charge in [-0.3, -0.25) is 9.69 Å². The number of aliphatic carboxylic acids is 1. The second kappa shape index (κ2) is 11.7. The largest absolute Gasteiger partial charge is 0.481 e. The summed E-state index contributed by atoms with van der Waals surface area (Å²) >= 11 is 0. The summed E-state index contributed by atoms with van der Waals surface area (Å²) < 4.78 is 17.7. The van der Waals surface area contributed by atoms with Crippen LogP contribution in [0.3, 0.4) is 0 Å². The average Bonchev–Trinajstić information content (AvgIpc) is 3.62. The molecule has 0 unspecified atom stereocenters. The minimum absolute atomic E-state index is 0.0205. The predicted octanol–water partition coefficient (Wildman–Crippen LogP) is 6.67. The first kappa shape index (κ1) is 25.7. The Labute approximate surface area is 233 Å². The minimum atomic E-state index is -0.852. The summed E-state index contributed by atoms with van der Waals surface area (Å²) in [7, 11) is 0. The summed E-state index contributed by atoms with van der Waals surface area (Å²) in [4.78, 5) is 13.6. The fourth-order valence-corrected chi connectivity index (χ4v) is 5.43. The van der Waals surface area contributed by atoms with E-state index in [1.807, 2.05) is 30.3 Å². The maximum atomic E-state index is 11.1. The van der Waals surface area contributed by atoms with E-state index in [2.05, 4.69) is 77.7 Å². The van der Waals surface area contributed by atoms with Crippen LogP contribution in [0.5, 0.6) is 11.5 Å². The Balaban J connectivity index is 1.28. The van der Waals surface area contributed by atoms with Crippen molar-refractivity contribution < 1.29 is 23.8 Å². The molecule has 2 heterocycles. The molecular formula is C34H31NO5. The number of ether oxygens (including phenoxy) is 2. The molecule has 1 aliphatic heterocycles. The molecule has 0 amide bonds. The van der Waals surface area contributed by atoms with Crippen molar-refractivity contribution in [2.45, 2.75) is 25.3 Å². The first-order chi connectivity index (χ1) is 19.6. The van der Waals surface area contributed by atoms with Gasteiger partial charge in [-0.05, 0) is 34.9 Å². The van der Waals surface area contributed by atoms with Gasteiger partial charge < -0.3 is 19.0 Å². The third-order valence-corrected chi connectivity index (χ3v) is 7.38. The topological polar surface area (TPSA) is 72.1 Å². The molecule has 1 aromatic heterocycles. The molecule has 4 aromatic carbocycles. The van der Waals surface area contributed by atoms with Crippen molar-refractivity contribution in [1.29, 1.82) is 0 Å². The first-order valence-corrected chi connectivity index (χ1v) is 13.6. The molecule has 6 heteroatoms. The number of hydrogen-bond acceptors (Lipinski definition) is 5. The quantitative estimate of drug-likeness (QED) is 0.205. The lowest BCUT2D eigenvalue weighted by Crippen LogP contribution is -2.31. The molecule has 1 N–H and O–H groups in total. The molecule has 0 aliphatic carbocycles. The number of hydrogen-bond donors (Lipinski definition) is 1. The summed E-state index contributed by atoms with van der Waals surface area (Å²) in [6.07, 6.45) is 0.693. The average molecular weight is 534 g/mol. The van der Waals surface area contributed by atoms with Crippen LogP contribution < -0.4 is 9.47 Å². The third kappa shape index (κ3) is 5.87. The molecule has 0 fully saturated rings. The number of fused-ring (bicyclic) bond motifs is 2. The van der Waals surface area contributed by atoms with Crippen LogP contribution in [0.2, 0.25) is 0 Å². The van der Waals surface area contributed by atoms with E-state index in [1.54, 1.807) is 0 Å². The van der Waals surface area contributed by atoms with Gasteiger partial charge in [-0.25, -0.2) is 0 Å². The lowest BCUT2D eigenvalue weighted by atomic mass is 9.90. The van der Waals surface area contributed by atoms with Crippen molar-refractivity contribution in [3.05, 3.63) is 131 Å². The van der Waals surface area contributed by atoms with Crippen LogP contribution in [0, 0.1) is 0 Å².